The first-order chi connectivity index (χ1) is 28.8. The highest BCUT2D eigenvalue weighted by atomic mass is 14.2. The van der Waals surface area contributed by atoms with Crippen LogP contribution in [0.1, 0.15) is 0 Å². The maximum Gasteiger partial charge on any atom is -0.00201 e. The van der Waals surface area contributed by atoms with Gasteiger partial charge in [-0.3, -0.25) is 0 Å². The third-order valence-corrected chi connectivity index (χ3v) is 13.0. The molecule has 0 atom stereocenters. The molecular formula is C58H34. The van der Waals surface area contributed by atoms with Crippen LogP contribution in [0, 0.1) is 0 Å². The number of benzene rings is 13. The molecule has 0 aliphatic rings. The van der Waals surface area contributed by atoms with Crippen molar-refractivity contribution in [2.45, 2.75) is 0 Å². The molecule has 266 valence electrons. The molecule has 13 rings (SSSR count). The third kappa shape index (κ3) is 4.46. The second kappa shape index (κ2) is 12.0. The van der Waals surface area contributed by atoms with Crippen LogP contribution in [0.15, 0.2) is 206 Å². The third-order valence-electron chi connectivity index (χ3n) is 13.0. The lowest BCUT2D eigenvalue weighted by atomic mass is 9.82. The van der Waals surface area contributed by atoms with Crippen LogP contribution in [-0.4, -0.2) is 0 Å². The summed E-state index contributed by atoms with van der Waals surface area (Å²) in [5.41, 5.74) is 9.96. The zero-order chi connectivity index (χ0) is 37.9. The molecule has 0 aliphatic carbocycles. The van der Waals surface area contributed by atoms with Crippen molar-refractivity contribution in [3.63, 3.8) is 0 Å². The van der Waals surface area contributed by atoms with Crippen LogP contribution in [-0.2, 0) is 0 Å². The molecule has 0 fully saturated rings. The van der Waals surface area contributed by atoms with Crippen LogP contribution in [0.5, 0.6) is 0 Å². The Kier molecular flexibility index (Phi) is 6.54. The first-order valence-electron chi connectivity index (χ1n) is 20.2. The average Bonchev–Trinajstić information content (AvgIpc) is 3.29. The fourth-order valence-electron chi connectivity index (χ4n) is 10.3. The Bertz CT molecular complexity index is 3740. The Morgan fingerprint density at radius 1 is 0.190 bits per heavy atom. The molecule has 0 unspecified atom stereocenters. The van der Waals surface area contributed by atoms with Crippen molar-refractivity contribution in [2.75, 3.05) is 0 Å². The molecule has 0 saturated heterocycles. The van der Waals surface area contributed by atoms with E-state index in [9.17, 15) is 0 Å². The maximum absolute atomic E-state index is 2.47. The topological polar surface area (TPSA) is 0 Å². The summed E-state index contributed by atoms with van der Waals surface area (Å²) in [5, 5.41) is 20.7. The molecule has 0 bridgehead atoms. The van der Waals surface area contributed by atoms with E-state index in [0.717, 1.165) is 0 Å². The largest absolute Gasteiger partial charge is 0.0616 e. The number of rotatable bonds is 4. The Morgan fingerprint density at radius 3 is 1.26 bits per heavy atom. The van der Waals surface area contributed by atoms with Crippen molar-refractivity contribution in [3.8, 4) is 44.5 Å². The molecule has 0 aromatic heterocycles. The minimum absolute atomic E-state index is 1.20. The van der Waals surface area contributed by atoms with Crippen molar-refractivity contribution < 1.29 is 0 Å². The van der Waals surface area contributed by atoms with Gasteiger partial charge in [-0.15, -0.1) is 0 Å². The molecule has 0 saturated carbocycles. The lowest BCUT2D eigenvalue weighted by Crippen LogP contribution is -1.94. The van der Waals surface area contributed by atoms with Gasteiger partial charge in [0.05, 0.1) is 0 Å². The second-order valence-electron chi connectivity index (χ2n) is 15.9. The summed E-state index contributed by atoms with van der Waals surface area (Å²) in [7, 11) is 0. The molecule has 13 aromatic rings. The van der Waals surface area contributed by atoms with Crippen LogP contribution < -0.4 is 0 Å². The van der Waals surface area contributed by atoms with Gasteiger partial charge < -0.3 is 0 Å². The standard InChI is InChI=1S/C58H34/c1-2-14-44-35(8-1)9-7-17-46(44)53-34-52(37-20-18-36(19-21-37)45-30-26-42-24-22-38-10-5-12-40-27-31-49(45)56(42)54(38)40)58(48-16-4-3-15-47(48)53)51-33-29-43-25-23-39-11-6-13-41-28-32-50(51)57(43)55(39)41/h1-34H. The van der Waals surface area contributed by atoms with Gasteiger partial charge in [-0.05, 0) is 137 Å². The molecular weight excluding hydrogens is 697 g/mol. The lowest BCUT2D eigenvalue weighted by molar-refractivity contribution is 1.61. The molecule has 13 aromatic carbocycles. The first-order valence-corrected chi connectivity index (χ1v) is 20.2. The smallest absolute Gasteiger partial charge is 0.00201 e. The van der Waals surface area contributed by atoms with E-state index in [1.165, 1.54) is 131 Å². The molecule has 0 spiro atoms. The highest BCUT2D eigenvalue weighted by molar-refractivity contribution is 6.28. The number of fused-ring (bicyclic) bond motifs is 2. The van der Waals surface area contributed by atoms with Gasteiger partial charge in [0.25, 0.3) is 0 Å². The molecule has 0 radical (unpaired) electrons. The quantitative estimate of drug-likeness (QED) is 0.158. The van der Waals surface area contributed by atoms with Crippen LogP contribution in [0.2, 0.25) is 0 Å². The van der Waals surface area contributed by atoms with E-state index in [-0.39, 0.29) is 0 Å². The second-order valence-corrected chi connectivity index (χ2v) is 15.9. The zero-order valence-electron chi connectivity index (χ0n) is 31.6. The summed E-state index contributed by atoms with van der Waals surface area (Å²) >= 11 is 0. The van der Waals surface area contributed by atoms with Gasteiger partial charge in [0.1, 0.15) is 0 Å². The SMILES string of the molecule is c1ccc2c(-c3cc(-c4ccc(-c5ccc6ccc7cccc8ccc5c6c78)cc4)c(-c4ccc5ccc6cccc7ccc4c5c67)c4ccccc34)cccc2c1. The van der Waals surface area contributed by atoms with E-state index >= 15 is 0 Å². The van der Waals surface area contributed by atoms with Gasteiger partial charge >= 0.3 is 0 Å². The Labute approximate surface area is 335 Å². The summed E-state index contributed by atoms with van der Waals surface area (Å²) in [4.78, 5) is 0. The van der Waals surface area contributed by atoms with E-state index in [1.54, 1.807) is 0 Å². The summed E-state index contributed by atoms with van der Waals surface area (Å²) < 4.78 is 0. The molecule has 0 nitrogen and oxygen atoms in total. The van der Waals surface area contributed by atoms with Gasteiger partial charge in [-0.25, -0.2) is 0 Å². The van der Waals surface area contributed by atoms with Crippen LogP contribution in [0.25, 0.3) is 131 Å². The summed E-state index contributed by atoms with van der Waals surface area (Å²) in [5.74, 6) is 0. The van der Waals surface area contributed by atoms with Gasteiger partial charge in [0, 0.05) is 0 Å². The van der Waals surface area contributed by atoms with Crippen LogP contribution in [0.3, 0.4) is 0 Å². The predicted octanol–water partition coefficient (Wildman–Crippen LogP) is 16.5. The number of hydrogen-bond donors (Lipinski definition) is 0. The fourth-order valence-corrected chi connectivity index (χ4v) is 10.3. The Morgan fingerprint density at radius 2 is 0.621 bits per heavy atom. The molecule has 0 amide bonds. The number of hydrogen-bond acceptors (Lipinski definition) is 0. The van der Waals surface area contributed by atoms with Gasteiger partial charge in [-0.2, -0.15) is 0 Å². The van der Waals surface area contributed by atoms with Crippen LogP contribution >= 0.6 is 0 Å². The van der Waals surface area contributed by atoms with Crippen molar-refractivity contribution >= 4 is 86.2 Å². The zero-order valence-corrected chi connectivity index (χ0v) is 31.6. The van der Waals surface area contributed by atoms with Crippen molar-refractivity contribution in [3.05, 3.63) is 206 Å². The van der Waals surface area contributed by atoms with Crippen molar-refractivity contribution in [2.24, 2.45) is 0 Å². The minimum Gasteiger partial charge on any atom is -0.0616 e. The van der Waals surface area contributed by atoms with Gasteiger partial charge in [0.2, 0.25) is 0 Å². The van der Waals surface area contributed by atoms with E-state index in [0.29, 0.717) is 0 Å². The Hall–Kier alpha value is -7.54. The highest BCUT2D eigenvalue weighted by Crippen LogP contribution is 2.48. The molecule has 0 N–H and O–H groups in total. The van der Waals surface area contributed by atoms with Crippen molar-refractivity contribution in [1.29, 1.82) is 0 Å². The van der Waals surface area contributed by atoms with Crippen LogP contribution in [0.4, 0.5) is 0 Å². The molecule has 0 aliphatic heterocycles. The fraction of sp³-hybridized carbons (Fsp3) is 0. The van der Waals surface area contributed by atoms with E-state index in [4.69, 9.17) is 0 Å². The van der Waals surface area contributed by atoms with Crippen molar-refractivity contribution in [1.82, 2.24) is 0 Å². The maximum atomic E-state index is 2.47. The molecule has 0 heterocycles. The normalized spacial score (nSPS) is 12.1. The minimum atomic E-state index is 1.20. The summed E-state index contributed by atoms with van der Waals surface area (Å²) in [6, 6.07) is 77.3. The molecule has 0 heteroatoms. The predicted molar refractivity (Wildman–Crippen MR) is 251 cm³/mol. The van der Waals surface area contributed by atoms with E-state index < -0.39 is 0 Å². The monoisotopic (exact) mass is 730 g/mol. The lowest BCUT2D eigenvalue weighted by Gasteiger charge is -2.21. The first kappa shape index (κ1) is 31.6. The Balaban J connectivity index is 1.09. The summed E-state index contributed by atoms with van der Waals surface area (Å²) in [6.45, 7) is 0. The van der Waals surface area contributed by atoms with E-state index in [2.05, 4.69) is 206 Å². The van der Waals surface area contributed by atoms with Gasteiger partial charge in [0.15, 0.2) is 0 Å². The van der Waals surface area contributed by atoms with E-state index in [1.807, 2.05) is 0 Å². The average molecular weight is 731 g/mol. The highest BCUT2D eigenvalue weighted by Gasteiger charge is 2.21. The summed E-state index contributed by atoms with van der Waals surface area (Å²) in [6.07, 6.45) is 0. The molecule has 58 heavy (non-hydrogen) atoms. The van der Waals surface area contributed by atoms with Gasteiger partial charge in [-0.1, -0.05) is 200 Å².